The third-order valence-electron chi connectivity index (χ3n) is 4.10. The molecular weight excluding hydrogens is 382 g/mol. The van der Waals surface area contributed by atoms with Crippen LogP contribution < -0.4 is 10.1 Å². The van der Waals surface area contributed by atoms with E-state index >= 15 is 0 Å². The summed E-state index contributed by atoms with van der Waals surface area (Å²) in [6, 6.07) is 24.9. The summed E-state index contributed by atoms with van der Waals surface area (Å²) in [6.07, 6.45) is 4.89. The molecule has 3 aromatic carbocycles. The second kappa shape index (κ2) is 10.4. The first kappa shape index (κ1) is 20.6. The van der Waals surface area contributed by atoms with Crippen LogP contribution in [0.5, 0.6) is 5.75 Å². The fraction of sp³-hybridized carbons (Fsp3) is 0.125. The quantitative estimate of drug-likeness (QED) is 0.548. The molecule has 4 nitrogen and oxygen atoms in total. The van der Waals surface area contributed by atoms with E-state index in [0.29, 0.717) is 18.0 Å². The molecule has 1 unspecified atom stereocenters. The standard InChI is InChI=1S/C24H23NO3S/c1-29(27)18-21-10-5-11-22(15-21)25-24(26)14-13-19-9-6-12-23(16-19)28-17-20-7-3-2-4-8-20/h2-16H,17-18H2,1H3,(H,25,26)/b14-13+. The lowest BCUT2D eigenvalue weighted by molar-refractivity contribution is -0.111. The van der Waals surface area contributed by atoms with Crippen molar-refractivity contribution in [2.75, 3.05) is 11.6 Å². The van der Waals surface area contributed by atoms with Crippen LogP contribution in [0.15, 0.2) is 84.9 Å². The molecule has 148 valence electrons. The summed E-state index contributed by atoms with van der Waals surface area (Å²) in [5.74, 6) is 0.988. The van der Waals surface area contributed by atoms with Crippen molar-refractivity contribution in [2.45, 2.75) is 12.4 Å². The molecule has 0 aromatic heterocycles. The molecule has 1 atom stereocenters. The van der Waals surface area contributed by atoms with Crippen molar-refractivity contribution in [1.82, 2.24) is 0 Å². The van der Waals surface area contributed by atoms with Crippen LogP contribution in [0.2, 0.25) is 0 Å². The van der Waals surface area contributed by atoms with E-state index in [1.165, 1.54) is 6.08 Å². The lowest BCUT2D eigenvalue weighted by atomic mass is 10.2. The van der Waals surface area contributed by atoms with Crippen molar-refractivity contribution in [2.24, 2.45) is 0 Å². The fourth-order valence-corrected chi connectivity index (χ4v) is 3.43. The maximum Gasteiger partial charge on any atom is 0.248 e. The minimum atomic E-state index is -0.921. The van der Waals surface area contributed by atoms with Gasteiger partial charge in [-0.15, -0.1) is 0 Å². The Balaban J connectivity index is 1.58. The molecule has 0 bridgehead atoms. The summed E-state index contributed by atoms with van der Waals surface area (Å²) >= 11 is 0. The molecule has 0 saturated carbocycles. The van der Waals surface area contributed by atoms with Gasteiger partial charge in [0.15, 0.2) is 0 Å². The normalized spacial score (nSPS) is 11.9. The Labute approximate surface area is 173 Å². The summed E-state index contributed by atoms with van der Waals surface area (Å²) in [5, 5.41) is 2.83. The molecule has 3 rings (SSSR count). The van der Waals surface area contributed by atoms with E-state index in [9.17, 15) is 9.00 Å². The Kier molecular flexibility index (Phi) is 7.36. The molecule has 0 fully saturated rings. The predicted molar refractivity (Wildman–Crippen MR) is 119 cm³/mol. The second-order valence-corrected chi connectivity index (χ2v) is 8.02. The molecule has 0 spiro atoms. The van der Waals surface area contributed by atoms with Crippen molar-refractivity contribution in [3.63, 3.8) is 0 Å². The first-order valence-corrected chi connectivity index (χ1v) is 11.0. The zero-order valence-corrected chi connectivity index (χ0v) is 17.0. The number of ether oxygens (including phenoxy) is 1. The average Bonchev–Trinajstić information content (AvgIpc) is 2.72. The molecule has 0 heterocycles. The number of carbonyl (C=O) groups excluding carboxylic acids is 1. The van der Waals surface area contributed by atoms with E-state index < -0.39 is 10.8 Å². The Morgan fingerprint density at radius 2 is 1.72 bits per heavy atom. The van der Waals surface area contributed by atoms with Gasteiger partial charge in [-0.25, -0.2) is 0 Å². The average molecular weight is 406 g/mol. The smallest absolute Gasteiger partial charge is 0.248 e. The number of anilines is 1. The van der Waals surface area contributed by atoms with Crippen LogP contribution in [0, 0.1) is 0 Å². The topological polar surface area (TPSA) is 55.4 Å². The van der Waals surface area contributed by atoms with E-state index in [-0.39, 0.29) is 5.91 Å². The Hall–Kier alpha value is -3.18. The van der Waals surface area contributed by atoms with Crippen LogP contribution in [-0.4, -0.2) is 16.4 Å². The molecule has 1 amide bonds. The molecule has 29 heavy (non-hydrogen) atoms. The molecule has 1 N–H and O–H groups in total. The highest BCUT2D eigenvalue weighted by atomic mass is 32.2. The lowest BCUT2D eigenvalue weighted by Crippen LogP contribution is -2.08. The van der Waals surface area contributed by atoms with Crippen molar-refractivity contribution in [3.05, 3.63) is 102 Å². The maximum atomic E-state index is 12.2. The zero-order valence-electron chi connectivity index (χ0n) is 16.2. The van der Waals surface area contributed by atoms with Gasteiger partial charge in [-0.05, 0) is 47.0 Å². The third-order valence-corrected chi connectivity index (χ3v) is 4.84. The molecule has 0 aliphatic carbocycles. The molecule has 3 aromatic rings. The number of rotatable bonds is 8. The minimum Gasteiger partial charge on any atom is -0.489 e. The maximum absolute atomic E-state index is 12.2. The van der Waals surface area contributed by atoms with Crippen molar-refractivity contribution < 1.29 is 13.7 Å². The number of benzene rings is 3. The van der Waals surface area contributed by atoms with Gasteiger partial charge >= 0.3 is 0 Å². The van der Waals surface area contributed by atoms with Gasteiger partial charge in [-0.2, -0.15) is 0 Å². The van der Waals surface area contributed by atoms with E-state index in [4.69, 9.17) is 4.74 Å². The van der Waals surface area contributed by atoms with Gasteiger partial charge in [-0.1, -0.05) is 54.6 Å². The highest BCUT2D eigenvalue weighted by Crippen LogP contribution is 2.17. The molecule has 0 aliphatic heterocycles. The highest BCUT2D eigenvalue weighted by Gasteiger charge is 2.02. The van der Waals surface area contributed by atoms with Crippen LogP contribution in [0.3, 0.4) is 0 Å². The van der Waals surface area contributed by atoms with Gasteiger partial charge in [0, 0.05) is 34.6 Å². The summed E-state index contributed by atoms with van der Waals surface area (Å²) in [7, 11) is -0.921. The molecular formula is C24H23NO3S. The highest BCUT2D eigenvalue weighted by molar-refractivity contribution is 7.83. The van der Waals surface area contributed by atoms with E-state index in [0.717, 1.165) is 22.4 Å². The van der Waals surface area contributed by atoms with Crippen LogP contribution in [0.25, 0.3) is 6.08 Å². The number of amides is 1. The van der Waals surface area contributed by atoms with Crippen molar-refractivity contribution in [1.29, 1.82) is 0 Å². The Bertz CT molecular complexity index is 1020. The number of nitrogens with one attached hydrogen (secondary N) is 1. The number of hydrogen-bond donors (Lipinski definition) is 1. The molecule has 0 aliphatic rings. The lowest BCUT2D eigenvalue weighted by Gasteiger charge is -2.07. The second-order valence-electron chi connectivity index (χ2n) is 6.59. The first-order valence-electron chi connectivity index (χ1n) is 9.23. The summed E-state index contributed by atoms with van der Waals surface area (Å²) < 4.78 is 17.2. The zero-order chi connectivity index (χ0) is 20.5. The number of carbonyl (C=O) groups is 1. The fourth-order valence-electron chi connectivity index (χ4n) is 2.78. The summed E-state index contributed by atoms with van der Waals surface area (Å²) in [6.45, 7) is 0.493. The van der Waals surface area contributed by atoms with Crippen LogP contribution in [0.4, 0.5) is 5.69 Å². The van der Waals surface area contributed by atoms with Crippen molar-refractivity contribution in [3.8, 4) is 5.75 Å². The predicted octanol–water partition coefficient (Wildman–Crippen LogP) is 4.80. The van der Waals surface area contributed by atoms with Gasteiger partial charge in [0.2, 0.25) is 5.91 Å². The molecule has 5 heteroatoms. The summed E-state index contributed by atoms with van der Waals surface area (Å²) in [5.41, 5.74) is 3.58. The van der Waals surface area contributed by atoms with Gasteiger partial charge in [0.05, 0.1) is 0 Å². The van der Waals surface area contributed by atoms with Crippen LogP contribution >= 0.6 is 0 Å². The van der Waals surface area contributed by atoms with Gasteiger partial charge in [0.1, 0.15) is 12.4 Å². The van der Waals surface area contributed by atoms with Crippen molar-refractivity contribution >= 4 is 28.5 Å². The van der Waals surface area contributed by atoms with Gasteiger partial charge in [0.25, 0.3) is 0 Å². The van der Waals surface area contributed by atoms with Gasteiger partial charge < -0.3 is 10.1 Å². The molecule has 0 radical (unpaired) electrons. The van der Waals surface area contributed by atoms with E-state index in [1.807, 2.05) is 78.9 Å². The Morgan fingerprint density at radius 3 is 2.52 bits per heavy atom. The van der Waals surface area contributed by atoms with E-state index in [2.05, 4.69) is 5.32 Å². The first-order chi connectivity index (χ1) is 14.1. The number of hydrogen-bond acceptors (Lipinski definition) is 3. The van der Waals surface area contributed by atoms with Gasteiger partial charge in [-0.3, -0.25) is 9.00 Å². The third kappa shape index (κ3) is 7.05. The van der Waals surface area contributed by atoms with E-state index in [1.54, 1.807) is 12.3 Å². The molecule has 0 saturated heterocycles. The minimum absolute atomic E-state index is 0.227. The Morgan fingerprint density at radius 1 is 0.966 bits per heavy atom. The monoisotopic (exact) mass is 405 g/mol. The largest absolute Gasteiger partial charge is 0.489 e. The van der Waals surface area contributed by atoms with Crippen LogP contribution in [-0.2, 0) is 28.0 Å². The summed E-state index contributed by atoms with van der Waals surface area (Å²) in [4.78, 5) is 12.2. The van der Waals surface area contributed by atoms with Crippen LogP contribution in [0.1, 0.15) is 16.7 Å². The SMILES string of the molecule is CS(=O)Cc1cccc(NC(=O)/C=C/c2cccc(OCc3ccccc3)c2)c1.